The second kappa shape index (κ2) is 8.04. The minimum absolute atomic E-state index is 0.0623. The van der Waals surface area contributed by atoms with E-state index in [-0.39, 0.29) is 5.54 Å². The van der Waals surface area contributed by atoms with Crippen molar-refractivity contribution in [1.82, 2.24) is 5.32 Å². The number of para-hydroxylation sites is 1. The van der Waals surface area contributed by atoms with Gasteiger partial charge in [-0.05, 0) is 0 Å². The molecule has 132 valence electrons. The zero-order valence-electron chi connectivity index (χ0n) is 15.7. The maximum absolute atomic E-state index is 5.34. The number of benzene rings is 2. The summed E-state index contributed by atoms with van der Waals surface area (Å²) in [5.74, 6) is 0.548. The molecule has 1 aliphatic heterocycles. The second-order valence-electron chi connectivity index (χ2n) is 7.23. The summed E-state index contributed by atoms with van der Waals surface area (Å²) in [4.78, 5) is 5.34. The Bertz CT molecular complexity index is 724. The quantitative estimate of drug-likeness (QED) is 0.540. The van der Waals surface area contributed by atoms with Gasteiger partial charge in [0.05, 0.1) is 0 Å². The first kappa shape index (κ1) is 18.6. The Morgan fingerprint density at radius 1 is 1.04 bits per heavy atom. The van der Waals surface area contributed by atoms with Gasteiger partial charge in [0.1, 0.15) is 0 Å². The number of aliphatic imine (C=N–C) groups is 1. The first-order valence-electron chi connectivity index (χ1n) is 9.16. The summed E-state index contributed by atoms with van der Waals surface area (Å²) in [5.41, 5.74) is 3.78. The molecule has 1 N–H and O–H groups in total. The fourth-order valence-electron chi connectivity index (χ4n) is 3.59. The molecule has 0 bridgehead atoms. The third kappa shape index (κ3) is 4.00. The molecular formula is C22H28N2Te. The van der Waals surface area contributed by atoms with Crippen molar-refractivity contribution in [3.63, 3.8) is 0 Å². The molecule has 0 aromatic heterocycles. The molecule has 0 amide bonds. The predicted molar refractivity (Wildman–Crippen MR) is 110 cm³/mol. The number of nitrogens with one attached hydrogen (secondary N) is 1. The zero-order valence-corrected chi connectivity index (χ0v) is 18.0. The van der Waals surface area contributed by atoms with Gasteiger partial charge in [-0.1, -0.05) is 0 Å². The van der Waals surface area contributed by atoms with Crippen LogP contribution in [0, 0.1) is 19.8 Å². The van der Waals surface area contributed by atoms with Crippen molar-refractivity contribution in [3.8, 4) is 0 Å². The Labute approximate surface area is 162 Å². The van der Waals surface area contributed by atoms with Crippen LogP contribution in [0.5, 0.6) is 0 Å². The minimum atomic E-state index is -0.518. The van der Waals surface area contributed by atoms with Crippen LogP contribution in [0.2, 0.25) is 0 Å². The summed E-state index contributed by atoms with van der Waals surface area (Å²) in [5, 5.41) is 3.85. The van der Waals surface area contributed by atoms with E-state index in [1.165, 1.54) is 37.0 Å². The van der Waals surface area contributed by atoms with Gasteiger partial charge < -0.3 is 0 Å². The van der Waals surface area contributed by atoms with Crippen molar-refractivity contribution in [2.75, 3.05) is 6.54 Å². The normalized spacial score (nSPS) is 21.1. The summed E-state index contributed by atoms with van der Waals surface area (Å²) in [6.07, 6.45) is 2.44. The van der Waals surface area contributed by atoms with Crippen LogP contribution in [0.15, 0.2) is 53.5 Å². The first-order valence-corrected chi connectivity index (χ1v) is 11.5. The average molecular weight is 448 g/mol. The molecule has 0 spiro atoms. The first-order chi connectivity index (χ1) is 12.0. The molecule has 0 saturated carbocycles. The molecule has 25 heavy (non-hydrogen) atoms. The SMILES string of the molecule is Cc1cccc(C)c1N=C([Te]c1ccccc1)C1(C(C)C)CCCN1. The van der Waals surface area contributed by atoms with E-state index in [0.717, 1.165) is 6.54 Å². The van der Waals surface area contributed by atoms with Gasteiger partial charge in [0.2, 0.25) is 0 Å². The van der Waals surface area contributed by atoms with Crippen LogP contribution in [0.3, 0.4) is 0 Å². The number of aryl methyl sites for hydroxylation is 2. The van der Waals surface area contributed by atoms with E-state index in [2.05, 4.69) is 81.5 Å². The van der Waals surface area contributed by atoms with Crippen molar-refractivity contribution >= 4 is 34.0 Å². The molecule has 3 heteroatoms. The zero-order chi connectivity index (χ0) is 17.9. The van der Waals surface area contributed by atoms with E-state index in [4.69, 9.17) is 4.99 Å². The fourth-order valence-corrected chi connectivity index (χ4v) is 7.14. The van der Waals surface area contributed by atoms with E-state index >= 15 is 0 Å². The van der Waals surface area contributed by atoms with E-state index in [0.29, 0.717) is 5.92 Å². The molecule has 2 nitrogen and oxygen atoms in total. The molecule has 1 heterocycles. The standard InChI is InChI=1S/C22H28N2Te/c1-16(2)22(14-9-15-23-22)21(25-19-12-6-5-7-13-19)24-20-17(3)10-8-11-18(20)4/h5-8,10-13,16,23H,9,14-15H2,1-4H3. The van der Waals surface area contributed by atoms with Gasteiger partial charge in [0.25, 0.3) is 0 Å². The van der Waals surface area contributed by atoms with Crippen molar-refractivity contribution in [2.24, 2.45) is 10.9 Å². The molecule has 2 aromatic rings. The van der Waals surface area contributed by atoms with E-state index in [9.17, 15) is 0 Å². The summed E-state index contributed by atoms with van der Waals surface area (Å²) in [6.45, 7) is 10.1. The summed E-state index contributed by atoms with van der Waals surface area (Å²) in [7, 11) is 0. The van der Waals surface area contributed by atoms with Gasteiger partial charge in [-0.25, -0.2) is 0 Å². The number of hydrogen-bond donors (Lipinski definition) is 1. The third-order valence-corrected chi connectivity index (χ3v) is 8.47. The molecule has 1 aliphatic rings. The predicted octanol–water partition coefficient (Wildman–Crippen LogP) is 4.14. The van der Waals surface area contributed by atoms with Crippen molar-refractivity contribution < 1.29 is 0 Å². The Balaban J connectivity index is 2.10. The van der Waals surface area contributed by atoms with E-state index < -0.39 is 20.9 Å². The van der Waals surface area contributed by atoms with Crippen molar-refractivity contribution in [1.29, 1.82) is 0 Å². The number of hydrogen-bond acceptors (Lipinski definition) is 2. The van der Waals surface area contributed by atoms with Crippen LogP contribution in [0.1, 0.15) is 37.8 Å². The van der Waals surface area contributed by atoms with Crippen LogP contribution >= 0.6 is 0 Å². The van der Waals surface area contributed by atoms with Crippen LogP contribution in [0.4, 0.5) is 5.69 Å². The molecular weight excluding hydrogens is 420 g/mol. The number of nitrogens with zero attached hydrogens (tertiary/aromatic N) is 1. The van der Waals surface area contributed by atoms with Crippen LogP contribution in [0.25, 0.3) is 0 Å². The van der Waals surface area contributed by atoms with Gasteiger partial charge in [-0.2, -0.15) is 0 Å². The average Bonchev–Trinajstić information content (AvgIpc) is 3.09. The van der Waals surface area contributed by atoms with Gasteiger partial charge in [0, 0.05) is 0 Å². The van der Waals surface area contributed by atoms with E-state index in [1.54, 1.807) is 0 Å². The van der Waals surface area contributed by atoms with Gasteiger partial charge in [-0.15, -0.1) is 0 Å². The molecule has 1 fully saturated rings. The summed E-state index contributed by atoms with van der Waals surface area (Å²) in [6, 6.07) is 17.4. The fraction of sp³-hybridized carbons (Fsp3) is 0.409. The molecule has 1 saturated heterocycles. The van der Waals surface area contributed by atoms with Crippen LogP contribution < -0.4 is 8.93 Å². The maximum atomic E-state index is 5.34. The molecule has 1 atom stereocenters. The summed E-state index contributed by atoms with van der Waals surface area (Å²) < 4.78 is 2.88. The molecule has 0 aliphatic carbocycles. The Morgan fingerprint density at radius 2 is 1.72 bits per heavy atom. The third-order valence-electron chi connectivity index (χ3n) is 5.17. The molecule has 1 unspecified atom stereocenters. The van der Waals surface area contributed by atoms with Crippen LogP contribution in [-0.2, 0) is 0 Å². The molecule has 0 radical (unpaired) electrons. The topological polar surface area (TPSA) is 24.4 Å². The van der Waals surface area contributed by atoms with Gasteiger partial charge in [-0.3, -0.25) is 0 Å². The Kier molecular flexibility index (Phi) is 6.00. The van der Waals surface area contributed by atoms with Crippen LogP contribution in [-0.4, -0.2) is 36.8 Å². The number of rotatable bonds is 5. The van der Waals surface area contributed by atoms with E-state index in [1.807, 2.05) is 0 Å². The molecule has 2 aromatic carbocycles. The van der Waals surface area contributed by atoms with Gasteiger partial charge >= 0.3 is 162 Å². The summed E-state index contributed by atoms with van der Waals surface area (Å²) >= 11 is -0.518. The molecule has 3 rings (SSSR count). The van der Waals surface area contributed by atoms with Crippen molar-refractivity contribution in [3.05, 3.63) is 59.7 Å². The van der Waals surface area contributed by atoms with Gasteiger partial charge in [0.15, 0.2) is 0 Å². The Hall–Kier alpha value is -1.14. The van der Waals surface area contributed by atoms with Crippen molar-refractivity contribution in [2.45, 2.75) is 46.1 Å². The second-order valence-corrected chi connectivity index (χ2v) is 10.3. The Morgan fingerprint density at radius 3 is 2.28 bits per heavy atom. The monoisotopic (exact) mass is 450 g/mol.